The van der Waals surface area contributed by atoms with Crippen LogP contribution in [0.25, 0.3) is 0 Å². The molecule has 106 valence electrons. The number of hydrogen-bond donors (Lipinski definition) is 2. The normalized spacial score (nSPS) is 11.2. The molecule has 2 rings (SSSR count). The van der Waals surface area contributed by atoms with Crippen LogP contribution in [0, 0.1) is 0 Å². The quantitative estimate of drug-likeness (QED) is 0.895. The van der Waals surface area contributed by atoms with Crippen LogP contribution in [-0.2, 0) is 10.0 Å². The zero-order valence-corrected chi connectivity index (χ0v) is 12.9. The third kappa shape index (κ3) is 3.17. The fourth-order valence-electron chi connectivity index (χ4n) is 1.68. The van der Waals surface area contributed by atoms with Crippen LogP contribution in [0.1, 0.15) is 0 Å². The Kier molecular flexibility index (Phi) is 4.42. The zero-order chi connectivity index (χ0) is 14.8. The number of halogens is 2. The average molecular weight is 331 g/mol. The fraction of sp³-hybridized carbons (Fsp3) is 0.0769. The molecule has 0 saturated heterocycles. The van der Waals surface area contributed by atoms with Gasteiger partial charge in [-0.3, -0.25) is 4.72 Å². The van der Waals surface area contributed by atoms with Crippen LogP contribution in [-0.4, -0.2) is 15.5 Å². The molecule has 0 radical (unpaired) electrons. The number of para-hydroxylation sites is 1. The second-order valence-electron chi connectivity index (χ2n) is 3.98. The van der Waals surface area contributed by atoms with Gasteiger partial charge in [-0.25, -0.2) is 8.42 Å². The van der Waals surface area contributed by atoms with Crippen molar-refractivity contribution in [3.05, 3.63) is 52.5 Å². The summed E-state index contributed by atoms with van der Waals surface area (Å²) < 4.78 is 27.2. The lowest BCUT2D eigenvalue weighted by Gasteiger charge is -2.12. The smallest absolute Gasteiger partial charge is 0.263 e. The Morgan fingerprint density at radius 2 is 1.70 bits per heavy atom. The van der Waals surface area contributed by atoms with Crippen molar-refractivity contribution in [3.8, 4) is 0 Å². The van der Waals surface area contributed by atoms with Gasteiger partial charge < -0.3 is 5.32 Å². The van der Waals surface area contributed by atoms with E-state index in [1.165, 1.54) is 18.2 Å². The van der Waals surface area contributed by atoms with Gasteiger partial charge in [0.25, 0.3) is 10.0 Å². The van der Waals surface area contributed by atoms with E-state index in [-0.39, 0.29) is 15.6 Å². The molecule has 0 heterocycles. The molecule has 0 fully saturated rings. The summed E-state index contributed by atoms with van der Waals surface area (Å²) in [6.07, 6.45) is 0. The molecule has 2 aromatic rings. The van der Waals surface area contributed by atoms with Crippen molar-refractivity contribution in [2.75, 3.05) is 17.1 Å². The first kappa shape index (κ1) is 15.0. The van der Waals surface area contributed by atoms with E-state index in [0.717, 1.165) is 0 Å². The van der Waals surface area contributed by atoms with Crippen LogP contribution in [0.3, 0.4) is 0 Å². The number of sulfonamides is 1. The second-order valence-corrected chi connectivity index (χ2v) is 6.47. The Bertz CT molecular complexity index is 733. The standard InChI is InChI=1S/C13H12Cl2N2O2S/c1-16-12-4-2-3-5-13(12)20(18,19)17-11-7-6-9(14)8-10(11)15/h2-8,16-17H,1H3. The Hall–Kier alpha value is -1.43. The lowest BCUT2D eigenvalue weighted by molar-refractivity contribution is 0.601. The van der Waals surface area contributed by atoms with Crippen molar-refractivity contribution in [2.45, 2.75) is 4.90 Å². The van der Waals surface area contributed by atoms with E-state index in [1.807, 2.05) is 0 Å². The molecule has 2 aromatic carbocycles. The van der Waals surface area contributed by atoms with E-state index in [4.69, 9.17) is 23.2 Å². The summed E-state index contributed by atoms with van der Waals surface area (Å²) in [7, 11) is -2.08. The topological polar surface area (TPSA) is 58.2 Å². The lowest BCUT2D eigenvalue weighted by atomic mass is 10.3. The molecule has 0 aliphatic heterocycles. The molecule has 0 saturated carbocycles. The molecule has 0 aliphatic carbocycles. The summed E-state index contributed by atoms with van der Waals surface area (Å²) in [6, 6.07) is 11.2. The summed E-state index contributed by atoms with van der Waals surface area (Å²) in [5, 5.41) is 3.52. The largest absolute Gasteiger partial charge is 0.387 e. The monoisotopic (exact) mass is 330 g/mol. The molecule has 0 unspecified atom stereocenters. The highest BCUT2D eigenvalue weighted by molar-refractivity contribution is 7.92. The van der Waals surface area contributed by atoms with E-state index in [9.17, 15) is 8.42 Å². The van der Waals surface area contributed by atoms with E-state index in [2.05, 4.69) is 10.0 Å². The average Bonchev–Trinajstić information content (AvgIpc) is 2.42. The molecule has 2 N–H and O–H groups in total. The molecule has 4 nitrogen and oxygen atoms in total. The number of rotatable bonds is 4. The Balaban J connectivity index is 2.41. The summed E-state index contributed by atoms with van der Waals surface area (Å²) in [6.45, 7) is 0. The minimum Gasteiger partial charge on any atom is -0.387 e. The van der Waals surface area contributed by atoms with Crippen molar-refractivity contribution < 1.29 is 8.42 Å². The molecule has 0 amide bonds. The third-order valence-electron chi connectivity index (χ3n) is 2.62. The van der Waals surface area contributed by atoms with Crippen LogP contribution in [0.2, 0.25) is 10.0 Å². The van der Waals surface area contributed by atoms with Gasteiger partial charge in [-0.15, -0.1) is 0 Å². The van der Waals surface area contributed by atoms with Crippen LogP contribution in [0.15, 0.2) is 47.4 Å². The van der Waals surface area contributed by atoms with Crippen molar-refractivity contribution in [1.82, 2.24) is 0 Å². The molecular weight excluding hydrogens is 319 g/mol. The third-order valence-corrected chi connectivity index (χ3v) is 4.59. The van der Waals surface area contributed by atoms with Crippen LogP contribution in [0.4, 0.5) is 11.4 Å². The molecule has 0 bridgehead atoms. The number of anilines is 2. The SMILES string of the molecule is CNc1ccccc1S(=O)(=O)Nc1ccc(Cl)cc1Cl. The van der Waals surface area contributed by atoms with Gasteiger partial charge in [-0.2, -0.15) is 0 Å². The summed E-state index contributed by atoms with van der Waals surface area (Å²) in [4.78, 5) is 0.147. The van der Waals surface area contributed by atoms with E-state index in [1.54, 1.807) is 31.3 Å². The maximum absolute atomic E-state index is 12.4. The summed E-state index contributed by atoms with van der Waals surface area (Å²) >= 11 is 11.8. The van der Waals surface area contributed by atoms with Gasteiger partial charge in [0.1, 0.15) is 4.90 Å². The first-order valence-electron chi connectivity index (χ1n) is 5.68. The van der Waals surface area contributed by atoms with Gasteiger partial charge in [0, 0.05) is 12.1 Å². The molecule has 0 atom stereocenters. The van der Waals surface area contributed by atoms with Gasteiger partial charge in [0.05, 0.1) is 16.4 Å². The number of nitrogens with one attached hydrogen (secondary N) is 2. The van der Waals surface area contributed by atoms with Gasteiger partial charge in [0.15, 0.2) is 0 Å². The zero-order valence-electron chi connectivity index (χ0n) is 10.5. The minimum absolute atomic E-state index is 0.147. The lowest BCUT2D eigenvalue weighted by Crippen LogP contribution is -2.15. The summed E-state index contributed by atoms with van der Waals surface area (Å²) in [5.74, 6) is 0. The first-order valence-corrected chi connectivity index (χ1v) is 7.92. The van der Waals surface area contributed by atoms with Gasteiger partial charge in [0.2, 0.25) is 0 Å². The highest BCUT2D eigenvalue weighted by Crippen LogP contribution is 2.29. The van der Waals surface area contributed by atoms with E-state index in [0.29, 0.717) is 10.7 Å². The Labute approximate surface area is 127 Å². The van der Waals surface area contributed by atoms with E-state index < -0.39 is 10.0 Å². The van der Waals surface area contributed by atoms with Crippen molar-refractivity contribution in [3.63, 3.8) is 0 Å². The maximum atomic E-state index is 12.4. The highest BCUT2D eigenvalue weighted by atomic mass is 35.5. The maximum Gasteiger partial charge on any atom is 0.263 e. The second kappa shape index (κ2) is 5.91. The predicted molar refractivity (Wildman–Crippen MR) is 83.3 cm³/mol. The predicted octanol–water partition coefficient (Wildman–Crippen LogP) is 3.84. The minimum atomic E-state index is -3.73. The Morgan fingerprint density at radius 3 is 2.35 bits per heavy atom. The number of benzene rings is 2. The van der Waals surface area contributed by atoms with E-state index >= 15 is 0 Å². The molecule has 0 aromatic heterocycles. The highest BCUT2D eigenvalue weighted by Gasteiger charge is 2.19. The van der Waals surface area contributed by atoms with Gasteiger partial charge in [-0.05, 0) is 30.3 Å². The van der Waals surface area contributed by atoms with Gasteiger partial charge >= 0.3 is 0 Å². The van der Waals surface area contributed by atoms with Gasteiger partial charge in [-0.1, -0.05) is 35.3 Å². The van der Waals surface area contributed by atoms with Crippen LogP contribution < -0.4 is 10.0 Å². The van der Waals surface area contributed by atoms with Crippen molar-refractivity contribution in [1.29, 1.82) is 0 Å². The van der Waals surface area contributed by atoms with Crippen molar-refractivity contribution >= 4 is 44.6 Å². The fourth-order valence-corrected chi connectivity index (χ4v) is 3.49. The molecule has 0 aliphatic rings. The summed E-state index contributed by atoms with van der Waals surface area (Å²) in [5.41, 5.74) is 0.784. The first-order chi connectivity index (χ1) is 9.44. The Morgan fingerprint density at radius 1 is 1.00 bits per heavy atom. The van der Waals surface area contributed by atoms with Crippen molar-refractivity contribution in [2.24, 2.45) is 0 Å². The van der Waals surface area contributed by atoms with Crippen LogP contribution >= 0.6 is 23.2 Å². The molecule has 7 heteroatoms. The number of hydrogen-bond acceptors (Lipinski definition) is 3. The molecule has 20 heavy (non-hydrogen) atoms. The molecular formula is C13H12Cl2N2O2S. The van der Waals surface area contributed by atoms with Crippen LogP contribution in [0.5, 0.6) is 0 Å². The molecule has 0 spiro atoms.